The summed E-state index contributed by atoms with van der Waals surface area (Å²) in [5.41, 5.74) is 1.53. The number of pyridine rings is 1. The van der Waals surface area contributed by atoms with Crippen LogP contribution in [0.1, 0.15) is 24.2 Å². The standard InChI is InChI=1S/C12H19BN2O5S/c1-9(20-21(3,17)18)11-6-12(19-2)15-7-10(11)4-5-14-8-13-16/h6-7,9,14H,4-5,8H2,1-3H3. The first kappa shape index (κ1) is 17.7. The predicted molar refractivity (Wildman–Crippen MR) is 78.1 cm³/mol. The van der Waals surface area contributed by atoms with Gasteiger partial charge in [0.2, 0.25) is 0 Å². The SMILES string of the molecule is COc1cc(C(C)OS(C)(=O)=O)c(CCNCB=O)cn1. The van der Waals surface area contributed by atoms with Crippen LogP contribution in [0.2, 0.25) is 0 Å². The first-order valence-corrected chi connectivity index (χ1v) is 8.24. The van der Waals surface area contributed by atoms with Crippen LogP contribution in [-0.2, 0) is 25.4 Å². The Hall–Kier alpha value is -1.32. The molecule has 116 valence electrons. The molecule has 1 rings (SSSR count). The van der Waals surface area contributed by atoms with Crippen LogP contribution in [0.5, 0.6) is 5.88 Å². The summed E-state index contributed by atoms with van der Waals surface area (Å²) in [6.07, 6.45) is 2.86. The van der Waals surface area contributed by atoms with E-state index in [2.05, 4.69) is 10.3 Å². The van der Waals surface area contributed by atoms with Crippen molar-refractivity contribution in [2.75, 3.05) is 26.4 Å². The molecule has 0 fully saturated rings. The molecule has 1 atom stereocenters. The summed E-state index contributed by atoms with van der Waals surface area (Å²) in [5, 5.41) is 2.94. The molecule has 0 aromatic carbocycles. The molecule has 1 aromatic rings. The van der Waals surface area contributed by atoms with Crippen LogP contribution in [0.4, 0.5) is 0 Å². The molecule has 0 aliphatic heterocycles. The Labute approximate surface area is 125 Å². The number of rotatable bonds is 9. The van der Waals surface area contributed by atoms with Gasteiger partial charge in [-0.1, -0.05) is 0 Å². The van der Waals surface area contributed by atoms with Gasteiger partial charge >= 0.3 is 125 Å². The van der Waals surface area contributed by atoms with Gasteiger partial charge in [-0.15, -0.1) is 0 Å². The molecule has 0 radical (unpaired) electrons. The third kappa shape index (κ3) is 6.32. The zero-order valence-corrected chi connectivity index (χ0v) is 13.1. The third-order valence-electron chi connectivity index (χ3n) is 2.76. The van der Waals surface area contributed by atoms with E-state index < -0.39 is 16.2 Å². The molecule has 9 heteroatoms. The van der Waals surface area contributed by atoms with Crippen LogP contribution in [-0.4, -0.2) is 46.9 Å². The van der Waals surface area contributed by atoms with Crippen LogP contribution in [0.25, 0.3) is 0 Å². The maximum atomic E-state index is 11.3. The zero-order valence-electron chi connectivity index (χ0n) is 12.3. The van der Waals surface area contributed by atoms with E-state index in [-0.39, 0.29) is 6.44 Å². The number of aromatic nitrogens is 1. The summed E-state index contributed by atoms with van der Waals surface area (Å²) in [4.78, 5) is 4.11. The second-order valence-corrected chi connectivity index (χ2v) is 6.09. The van der Waals surface area contributed by atoms with Crippen molar-refractivity contribution in [1.82, 2.24) is 10.3 Å². The van der Waals surface area contributed by atoms with Crippen LogP contribution in [0.15, 0.2) is 12.3 Å². The van der Waals surface area contributed by atoms with Crippen molar-refractivity contribution in [1.29, 1.82) is 0 Å². The molecule has 0 saturated heterocycles. The van der Waals surface area contributed by atoms with Crippen molar-refractivity contribution in [3.8, 4) is 5.88 Å². The average molecular weight is 314 g/mol. The number of methoxy groups -OCH3 is 1. The molecule has 21 heavy (non-hydrogen) atoms. The second kappa shape index (κ2) is 8.21. The first-order valence-electron chi connectivity index (χ1n) is 6.42. The molecule has 1 unspecified atom stereocenters. The van der Waals surface area contributed by atoms with Gasteiger partial charge in [0.25, 0.3) is 0 Å². The van der Waals surface area contributed by atoms with Crippen molar-refractivity contribution in [3.63, 3.8) is 0 Å². The quantitative estimate of drug-likeness (QED) is 0.397. The molecule has 0 bridgehead atoms. The summed E-state index contributed by atoms with van der Waals surface area (Å²) >= 11 is 0. The molecule has 0 saturated carbocycles. The fourth-order valence-electron chi connectivity index (χ4n) is 1.88. The van der Waals surface area contributed by atoms with E-state index in [0.717, 1.165) is 19.0 Å². The molecular formula is C12H19BN2O5S. The Morgan fingerprint density at radius 1 is 1.48 bits per heavy atom. The Kier molecular flexibility index (Phi) is 6.93. The van der Waals surface area contributed by atoms with E-state index in [1.807, 2.05) is 0 Å². The average Bonchev–Trinajstić information content (AvgIpc) is 2.41. The fourth-order valence-corrected chi connectivity index (χ4v) is 2.50. The normalized spacial score (nSPS) is 12.7. The van der Waals surface area contributed by atoms with Gasteiger partial charge in [0.15, 0.2) is 0 Å². The molecule has 0 amide bonds. The van der Waals surface area contributed by atoms with Gasteiger partial charge in [0.05, 0.1) is 0 Å². The predicted octanol–water partition coefficient (Wildman–Crippen LogP) is 0.267. The zero-order chi connectivity index (χ0) is 15.9. The molecule has 7 nitrogen and oxygen atoms in total. The first-order chi connectivity index (χ1) is 9.87. The van der Waals surface area contributed by atoms with Gasteiger partial charge in [-0.3, -0.25) is 0 Å². The number of hydrogen-bond donors (Lipinski definition) is 1. The summed E-state index contributed by atoms with van der Waals surface area (Å²) in [7, 11) is -1.29. The number of ether oxygens (including phenoxy) is 1. The molecule has 0 aliphatic rings. The molecule has 0 aliphatic carbocycles. The summed E-state index contributed by atoms with van der Waals surface area (Å²) < 4.78 is 42.8. The molecule has 1 heterocycles. The van der Waals surface area contributed by atoms with Crippen LogP contribution >= 0.6 is 0 Å². The number of hydrogen-bond acceptors (Lipinski definition) is 7. The van der Waals surface area contributed by atoms with Gasteiger partial charge in [0.1, 0.15) is 0 Å². The minimum atomic E-state index is -3.56. The van der Waals surface area contributed by atoms with Gasteiger partial charge < -0.3 is 0 Å². The second-order valence-electron chi connectivity index (χ2n) is 4.49. The molecule has 1 N–H and O–H groups in total. The molecule has 1 aromatic heterocycles. The number of nitrogens with one attached hydrogen (secondary N) is 1. The minimum absolute atomic E-state index is 0.272. The van der Waals surface area contributed by atoms with Crippen molar-refractivity contribution < 1.29 is 22.0 Å². The molecular weight excluding hydrogens is 295 g/mol. The Morgan fingerprint density at radius 3 is 2.76 bits per heavy atom. The Morgan fingerprint density at radius 2 is 2.19 bits per heavy atom. The van der Waals surface area contributed by atoms with E-state index in [1.54, 1.807) is 19.2 Å². The van der Waals surface area contributed by atoms with Crippen molar-refractivity contribution in [2.24, 2.45) is 0 Å². The Bertz CT molecular complexity index is 579. The third-order valence-corrected chi connectivity index (χ3v) is 3.40. The van der Waals surface area contributed by atoms with Crippen LogP contribution < -0.4 is 10.1 Å². The number of nitrogens with zero attached hydrogens (tertiary/aromatic N) is 1. The van der Waals surface area contributed by atoms with E-state index >= 15 is 0 Å². The van der Waals surface area contributed by atoms with Crippen LogP contribution in [0, 0.1) is 0 Å². The maximum absolute atomic E-state index is 11.3. The van der Waals surface area contributed by atoms with Crippen LogP contribution in [0.3, 0.4) is 0 Å². The monoisotopic (exact) mass is 314 g/mol. The van der Waals surface area contributed by atoms with Gasteiger partial charge in [-0.25, -0.2) is 0 Å². The summed E-state index contributed by atoms with van der Waals surface area (Å²) in [6, 6.07) is 1.66. The van der Waals surface area contributed by atoms with Gasteiger partial charge in [0, 0.05) is 0 Å². The van der Waals surface area contributed by atoms with Gasteiger partial charge in [-0.2, -0.15) is 0 Å². The van der Waals surface area contributed by atoms with E-state index in [1.165, 1.54) is 7.11 Å². The van der Waals surface area contributed by atoms with Crippen molar-refractivity contribution in [3.05, 3.63) is 23.4 Å². The van der Waals surface area contributed by atoms with Gasteiger partial charge in [-0.05, 0) is 0 Å². The van der Waals surface area contributed by atoms with E-state index in [0.29, 0.717) is 24.4 Å². The van der Waals surface area contributed by atoms with E-state index in [4.69, 9.17) is 8.92 Å². The topological polar surface area (TPSA) is 94.6 Å². The Balaban J connectivity index is 2.93. The molecule has 0 spiro atoms. The van der Waals surface area contributed by atoms with Crippen molar-refractivity contribution in [2.45, 2.75) is 19.4 Å². The summed E-state index contributed by atoms with van der Waals surface area (Å²) in [5.74, 6) is 0.388. The summed E-state index contributed by atoms with van der Waals surface area (Å²) in [6.45, 7) is 2.23. The van der Waals surface area contributed by atoms with E-state index in [9.17, 15) is 13.1 Å². The van der Waals surface area contributed by atoms with Crippen molar-refractivity contribution >= 4 is 17.3 Å². The fraction of sp³-hybridized carbons (Fsp3) is 0.583.